The highest BCUT2D eigenvalue weighted by Crippen LogP contribution is 2.41. The third-order valence-electron chi connectivity index (χ3n) is 12.8. The molecule has 59 heavy (non-hydrogen) atoms. The van der Waals surface area contributed by atoms with Crippen LogP contribution < -0.4 is 21.3 Å². The average Bonchev–Trinajstić information content (AvgIpc) is 4.06. The number of nitrogens with zero attached hydrogens (tertiary/aromatic N) is 3. The molecular weight excluding hydrogens is 741 g/mol. The van der Waals surface area contributed by atoms with E-state index in [0.29, 0.717) is 19.0 Å². The number of aromatic amines is 1. The van der Waals surface area contributed by atoms with E-state index in [9.17, 15) is 14.7 Å². The molecule has 0 radical (unpaired) electrons. The van der Waals surface area contributed by atoms with Gasteiger partial charge in [-0.3, -0.25) is 9.69 Å². The molecule has 1 saturated heterocycles. The summed E-state index contributed by atoms with van der Waals surface area (Å²) in [5.74, 6) is 1.40. The number of fused-ring (bicyclic) bond motifs is 2. The molecule has 2 aromatic carbocycles. The number of benzene rings is 2. The van der Waals surface area contributed by atoms with Crippen LogP contribution in [-0.2, 0) is 22.5 Å². The summed E-state index contributed by atoms with van der Waals surface area (Å²) in [5.41, 5.74) is 10.8. The first-order chi connectivity index (χ1) is 28.7. The van der Waals surface area contributed by atoms with E-state index < -0.39 is 18.4 Å². The van der Waals surface area contributed by atoms with Crippen LogP contribution in [-0.4, -0.2) is 88.1 Å². The van der Waals surface area contributed by atoms with Crippen LogP contribution in [0.25, 0.3) is 16.8 Å². The zero-order valence-electron chi connectivity index (χ0n) is 34.8. The van der Waals surface area contributed by atoms with Crippen molar-refractivity contribution in [1.82, 2.24) is 41.0 Å². The van der Waals surface area contributed by atoms with E-state index in [1.807, 2.05) is 31.0 Å². The average molecular weight is 801 g/mol. The number of allylic oxidation sites excluding steroid dienone is 6. The number of hydrogen-bond donors (Lipinski definition) is 6. The Balaban J connectivity index is 0.884. The fourth-order valence-electron chi connectivity index (χ4n) is 9.61. The Hall–Kier alpha value is -5.17. The van der Waals surface area contributed by atoms with Gasteiger partial charge < -0.3 is 41.0 Å². The Bertz CT molecular complexity index is 2120. The van der Waals surface area contributed by atoms with Crippen molar-refractivity contribution in [2.45, 2.75) is 103 Å². The van der Waals surface area contributed by atoms with Gasteiger partial charge in [0.1, 0.15) is 24.3 Å². The Labute approximate surface area is 348 Å². The first-order valence-electron chi connectivity index (χ1n) is 21.6. The lowest BCUT2D eigenvalue weighted by molar-refractivity contribution is -0.135. The van der Waals surface area contributed by atoms with E-state index in [0.717, 1.165) is 86.4 Å². The topological polar surface area (TPSA) is 147 Å². The monoisotopic (exact) mass is 800 g/mol. The molecule has 12 heteroatoms. The molecule has 2 aliphatic carbocycles. The number of nitrogens with one attached hydrogen (secondary N) is 5. The number of ether oxygens (including phenoxy) is 1. The number of aliphatic hydroxyl groups excluding tert-OH is 1. The van der Waals surface area contributed by atoms with Crippen molar-refractivity contribution in [3.05, 3.63) is 119 Å². The van der Waals surface area contributed by atoms with Crippen LogP contribution in [0.2, 0.25) is 0 Å². The third-order valence-corrected chi connectivity index (χ3v) is 12.8. The summed E-state index contributed by atoms with van der Waals surface area (Å²) in [6, 6.07) is 16.5. The summed E-state index contributed by atoms with van der Waals surface area (Å²) in [4.78, 5) is 38.2. The minimum absolute atomic E-state index is 0.00320. The fourth-order valence-corrected chi connectivity index (χ4v) is 9.61. The number of rotatable bonds is 13. The molecule has 4 heterocycles. The second-order valence-corrected chi connectivity index (χ2v) is 17.0. The SMILES string of the molecule is CCCN(Cc1ncc(C2=CC=C3C=C(c4ccc(C5=CNC([C@@H]6CCCN6C(=O)C6NCCc7ccccc76)N5)cc4)CCC3C2)[nH]1)C(O)[C@@H](NC(=O)OC)C(C)C. The van der Waals surface area contributed by atoms with E-state index in [2.05, 4.69) is 105 Å². The molecular formula is C47H60N8O4. The van der Waals surface area contributed by atoms with Gasteiger partial charge in [-0.15, -0.1) is 0 Å². The van der Waals surface area contributed by atoms with Crippen LogP contribution in [0.4, 0.5) is 4.79 Å². The van der Waals surface area contributed by atoms with Crippen LogP contribution in [0.3, 0.4) is 0 Å². The lowest BCUT2D eigenvalue weighted by atomic mass is 9.77. The molecule has 0 spiro atoms. The zero-order valence-corrected chi connectivity index (χ0v) is 34.8. The summed E-state index contributed by atoms with van der Waals surface area (Å²) >= 11 is 0. The van der Waals surface area contributed by atoms with Crippen LogP contribution >= 0.6 is 0 Å². The van der Waals surface area contributed by atoms with Crippen molar-refractivity contribution in [3.8, 4) is 0 Å². The van der Waals surface area contributed by atoms with Crippen LogP contribution in [0, 0.1) is 11.8 Å². The second kappa shape index (κ2) is 18.0. The molecule has 4 unspecified atom stereocenters. The van der Waals surface area contributed by atoms with Gasteiger partial charge in [0, 0.05) is 25.8 Å². The minimum atomic E-state index is -0.892. The number of hydrogen-bond acceptors (Lipinski definition) is 9. The number of aromatic nitrogens is 2. The molecule has 5 aliphatic rings. The van der Waals surface area contributed by atoms with E-state index in [-0.39, 0.29) is 30.1 Å². The summed E-state index contributed by atoms with van der Waals surface area (Å²) in [6.07, 6.45) is 16.2. The Morgan fingerprint density at radius 1 is 1.05 bits per heavy atom. The number of amides is 2. The molecule has 1 fully saturated rings. The smallest absolute Gasteiger partial charge is 0.407 e. The molecule has 2 amide bonds. The maximum Gasteiger partial charge on any atom is 0.407 e. The third kappa shape index (κ3) is 8.76. The molecule has 0 bridgehead atoms. The Morgan fingerprint density at radius 2 is 1.86 bits per heavy atom. The van der Waals surface area contributed by atoms with Gasteiger partial charge in [0.05, 0.1) is 43.3 Å². The number of carbonyl (C=O) groups is 2. The normalized spacial score (nSPS) is 23.5. The molecule has 6 N–H and O–H groups in total. The predicted molar refractivity (Wildman–Crippen MR) is 231 cm³/mol. The van der Waals surface area contributed by atoms with Crippen molar-refractivity contribution in [1.29, 1.82) is 0 Å². The van der Waals surface area contributed by atoms with Gasteiger partial charge in [0.15, 0.2) is 0 Å². The van der Waals surface area contributed by atoms with Gasteiger partial charge in [0.25, 0.3) is 0 Å². The number of aliphatic hydroxyl groups is 1. The van der Waals surface area contributed by atoms with E-state index in [4.69, 9.17) is 9.72 Å². The van der Waals surface area contributed by atoms with Crippen molar-refractivity contribution in [2.75, 3.05) is 26.7 Å². The highest BCUT2D eigenvalue weighted by Gasteiger charge is 2.40. The summed E-state index contributed by atoms with van der Waals surface area (Å²) in [6.45, 7) is 8.71. The number of alkyl carbamates (subject to hydrolysis) is 1. The summed E-state index contributed by atoms with van der Waals surface area (Å²) in [7, 11) is 1.33. The minimum Gasteiger partial charge on any atom is -0.453 e. The predicted octanol–water partition coefficient (Wildman–Crippen LogP) is 6.22. The Morgan fingerprint density at radius 3 is 2.66 bits per heavy atom. The first-order valence-corrected chi connectivity index (χ1v) is 21.6. The molecule has 12 nitrogen and oxygen atoms in total. The number of methoxy groups -OCH3 is 1. The molecule has 3 aromatic rings. The van der Waals surface area contributed by atoms with Gasteiger partial charge in [0.2, 0.25) is 5.91 Å². The van der Waals surface area contributed by atoms with Crippen LogP contribution in [0.1, 0.15) is 99.1 Å². The van der Waals surface area contributed by atoms with Crippen molar-refractivity contribution >= 4 is 28.8 Å². The van der Waals surface area contributed by atoms with Gasteiger partial charge in [-0.25, -0.2) is 9.78 Å². The number of likely N-dealkylation sites (tertiary alicyclic amines) is 1. The number of H-pyrrole nitrogens is 1. The van der Waals surface area contributed by atoms with Gasteiger partial charge in [-0.1, -0.05) is 87.5 Å². The summed E-state index contributed by atoms with van der Waals surface area (Å²) in [5, 5.41) is 24.9. The second-order valence-electron chi connectivity index (χ2n) is 17.0. The highest BCUT2D eigenvalue weighted by molar-refractivity contribution is 5.85. The lowest BCUT2D eigenvalue weighted by Crippen LogP contribution is -2.54. The lowest BCUT2D eigenvalue weighted by Gasteiger charge is -2.35. The molecule has 0 saturated carbocycles. The summed E-state index contributed by atoms with van der Waals surface area (Å²) < 4.78 is 4.81. The highest BCUT2D eigenvalue weighted by atomic mass is 16.5. The molecule has 1 aromatic heterocycles. The number of carbonyl (C=O) groups excluding carboxylic acids is 2. The molecule has 8 rings (SSSR count). The van der Waals surface area contributed by atoms with Crippen LogP contribution in [0.5, 0.6) is 0 Å². The van der Waals surface area contributed by atoms with Gasteiger partial charge >= 0.3 is 6.09 Å². The van der Waals surface area contributed by atoms with E-state index >= 15 is 0 Å². The fraction of sp³-hybridized carbons (Fsp3) is 0.468. The van der Waals surface area contributed by atoms with Crippen molar-refractivity contribution in [3.63, 3.8) is 0 Å². The molecule has 6 atom stereocenters. The van der Waals surface area contributed by atoms with Crippen LogP contribution in [0.15, 0.2) is 84.7 Å². The van der Waals surface area contributed by atoms with Crippen molar-refractivity contribution in [2.24, 2.45) is 11.8 Å². The first kappa shape index (κ1) is 40.6. The molecule has 312 valence electrons. The largest absolute Gasteiger partial charge is 0.453 e. The number of imidazole rings is 1. The van der Waals surface area contributed by atoms with Crippen molar-refractivity contribution < 1.29 is 19.4 Å². The zero-order chi connectivity index (χ0) is 41.0. The van der Waals surface area contributed by atoms with E-state index in [1.54, 1.807) is 0 Å². The van der Waals surface area contributed by atoms with E-state index in [1.165, 1.54) is 35.0 Å². The van der Waals surface area contributed by atoms with Gasteiger partial charge in [-0.05, 0) is 95.8 Å². The standard InChI is InChI=1S/C47H60N8O4/c1-5-22-54(45(56)42(29(2)3)53-47(58)59-4)28-41-49-26-39(51-41)36-19-18-34-24-33(16-17-35(34)25-36)30-12-14-32(15-13-30)38-27-50-44(52-38)40-11-8-23-55(40)46(57)43-37-10-7-6-9-31(37)20-21-48-43/h6-7,9-10,12-15,18-19,24,26-27,29,35,40,42-45,48,50,52,56H,5,8,11,16-17,20-23,25,28H2,1-4H3,(H,49,51)(H,53,58)/t35?,40-,42-,43?,44?,45?/m0/s1. The molecule has 3 aliphatic heterocycles. The Kier molecular flexibility index (Phi) is 12.4. The quantitative estimate of drug-likeness (QED) is 0.111. The maximum atomic E-state index is 13.9. The van der Waals surface area contributed by atoms with Gasteiger partial charge in [-0.2, -0.15) is 0 Å². The maximum absolute atomic E-state index is 13.9.